The van der Waals surface area contributed by atoms with Crippen LogP contribution in [0.2, 0.25) is 0 Å². The van der Waals surface area contributed by atoms with Gasteiger partial charge in [0.05, 0.1) is 37.6 Å². The maximum Gasteiger partial charge on any atom is 0.191 e. The van der Waals surface area contributed by atoms with Crippen LogP contribution in [-0.4, -0.2) is 27.3 Å². The number of ether oxygens (including phenoxy) is 2. The summed E-state index contributed by atoms with van der Waals surface area (Å²) in [7, 11) is 3.08. The highest BCUT2D eigenvalue weighted by Crippen LogP contribution is 2.55. The zero-order valence-electron chi connectivity index (χ0n) is 15.1. The maximum absolute atomic E-state index is 10.0. The molecule has 2 aliphatic rings. The Morgan fingerprint density at radius 2 is 1.93 bits per heavy atom. The molecule has 0 saturated heterocycles. The van der Waals surface area contributed by atoms with Crippen molar-refractivity contribution in [2.45, 2.75) is 5.92 Å². The fourth-order valence-corrected chi connectivity index (χ4v) is 4.03. The first kappa shape index (κ1) is 18.3. The van der Waals surface area contributed by atoms with Gasteiger partial charge in [-0.15, -0.1) is 0 Å². The van der Waals surface area contributed by atoms with Crippen molar-refractivity contribution in [3.63, 3.8) is 0 Å². The third kappa shape index (κ3) is 2.59. The van der Waals surface area contributed by atoms with Crippen molar-refractivity contribution >= 4 is 0 Å². The molecule has 3 N–H and O–H groups in total. The van der Waals surface area contributed by atoms with Crippen molar-refractivity contribution < 1.29 is 9.47 Å². The van der Waals surface area contributed by atoms with Crippen LogP contribution in [0.3, 0.4) is 0 Å². The topological polar surface area (TPSA) is 128 Å². The molecule has 2 atom stereocenters. The van der Waals surface area contributed by atoms with E-state index in [1.54, 1.807) is 25.3 Å². The molecule has 1 aliphatic carbocycles. The Morgan fingerprint density at radius 1 is 1.19 bits per heavy atom. The van der Waals surface area contributed by atoms with Crippen molar-refractivity contribution in [1.29, 1.82) is 15.8 Å². The predicted octanol–water partition coefficient (Wildman–Crippen LogP) is 1.72. The van der Waals surface area contributed by atoms with Gasteiger partial charge >= 0.3 is 0 Å². The number of methoxy groups -OCH3 is 2. The lowest BCUT2D eigenvalue weighted by molar-refractivity contribution is 0.313. The zero-order valence-corrected chi connectivity index (χ0v) is 15.1. The zero-order chi connectivity index (χ0) is 19.6. The normalized spacial score (nSPS) is 23.1. The first-order valence-electron chi connectivity index (χ1n) is 8.43. The number of hydrogen-bond acceptors (Lipinski definition) is 7. The highest BCUT2D eigenvalue weighted by molar-refractivity contribution is 5.61. The van der Waals surface area contributed by atoms with Gasteiger partial charge in [0, 0.05) is 30.5 Å². The van der Waals surface area contributed by atoms with Gasteiger partial charge < -0.3 is 20.5 Å². The minimum Gasteiger partial charge on any atom is -0.497 e. The second-order valence-electron chi connectivity index (χ2n) is 6.44. The molecule has 1 aliphatic heterocycles. The lowest BCUT2D eigenvalue weighted by Crippen LogP contribution is -2.47. The summed E-state index contributed by atoms with van der Waals surface area (Å²) in [5, 5.41) is 33.0. The number of nitriles is 3. The van der Waals surface area contributed by atoms with Crippen LogP contribution in [0.5, 0.6) is 11.5 Å². The Labute approximate surface area is 157 Å². The second-order valence-corrected chi connectivity index (χ2v) is 6.44. The SMILES string of the molecule is COc1ccc(OC)c([C@H]2[C@H]3CNCC=C3C(C#N)=C(N)C2(C#N)C#N)c1. The van der Waals surface area contributed by atoms with Crippen LogP contribution in [0.25, 0.3) is 0 Å². The molecule has 0 bridgehead atoms. The van der Waals surface area contributed by atoms with E-state index in [2.05, 4.69) is 23.5 Å². The van der Waals surface area contributed by atoms with E-state index >= 15 is 0 Å². The molecule has 0 radical (unpaired) electrons. The van der Waals surface area contributed by atoms with E-state index in [0.717, 1.165) is 5.57 Å². The summed E-state index contributed by atoms with van der Waals surface area (Å²) in [6.45, 7) is 1.11. The van der Waals surface area contributed by atoms with Gasteiger partial charge in [-0.1, -0.05) is 6.08 Å². The third-order valence-electron chi connectivity index (χ3n) is 5.32. The van der Waals surface area contributed by atoms with Crippen LogP contribution < -0.4 is 20.5 Å². The van der Waals surface area contributed by atoms with E-state index in [0.29, 0.717) is 30.2 Å². The Morgan fingerprint density at radius 3 is 2.52 bits per heavy atom. The van der Waals surface area contributed by atoms with Crippen molar-refractivity contribution in [2.75, 3.05) is 27.3 Å². The molecule has 0 spiro atoms. The molecule has 0 unspecified atom stereocenters. The number of nitrogens with zero attached hydrogens (tertiary/aromatic N) is 3. The summed E-state index contributed by atoms with van der Waals surface area (Å²) >= 11 is 0. The van der Waals surface area contributed by atoms with E-state index in [9.17, 15) is 15.8 Å². The summed E-state index contributed by atoms with van der Waals surface area (Å²) in [5.41, 5.74) is 6.22. The predicted molar refractivity (Wildman–Crippen MR) is 97.2 cm³/mol. The van der Waals surface area contributed by atoms with Crippen LogP contribution in [0, 0.1) is 45.3 Å². The minimum absolute atomic E-state index is 0.00530. The fraction of sp³-hybridized carbons (Fsp3) is 0.350. The first-order chi connectivity index (χ1) is 13.1. The molecular weight excluding hydrogens is 342 g/mol. The van der Waals surface area contributed by atoms with Crippen molar-refractivity contribution in [3.8, 4) is 29.7 Å². The van der Waals surface area contributed by atoms with E-state index in [-0.39, 0.29) is 17.2 Å². The monoisotopic (exact) mass is 361 g/mol. The van der Waals surface area contributed by atoms with Crippen LogP contribution in [-0.2, 0) is 0 Å². The Hall–Kier alpha value is -3.47. The standard InChI is InChI=1S/C20H19N5O2/c1-26-12-3-4-17(27-2)14(7-12)18-16-9-25-6-5-13(16)15(8-21)19(24)20(18,10-22)11-23/h3-5,7,16,18,25H,6,9,24H2,1-2H3/t16-,18-/m0/s1. The Kier molecular flexibility index (Phi) is 4.77. The van der Waals surface area contributed by atoms with Gasteiger partial charge in [0.25, 0.3) is 0 Å². The molecule has 0 aromatic heterocycles. The maximum atomic E-state index is 10.0. The smallest absolute Gasteiger partial charge is 0.191 e. The molecular formula is C20H19N5O2. The van der Waals surface area contributed by atoms with Gasteiger partial charge in [-0.2, -0.15) is 15.8 Å². The summed E-state index contributed by atoms with van der Waals surface area (Å²) in [5.74, 6) is 0.224. The summed E-state index contributed by atoms with van der Waals surface area (Å²) < 4.78 is 10.9. The first-order valence-corrected chi connectivity index (χ1v) is 8.43. The Bertz CT molecular complexity index is 944. The second kappa shape index (κ2) is 7.03. The van der Waals surface area contributed by atoms with E-state index in [4.69, 9.17) is 15.2 Å². The third-order valence-corrected chi connectivity index (χ3v) is 5.32. The van der Waals surface area contributed by atoms with Gasteiger partial charge in [-0.25, -0.2) is 0 Å². The molecule has 1 heterocycles. The number of hydrogen-bond donors (Lipinski definition) is 2. The van der Waals surface area contributed by atoms with Crippen LogP contribution in [0.15, 0.2) is 41.1 Å². The molecule has 136 valence electrons. The summed E-state index contributed by atoms with van der Waals surface area (Å²) in [4.78, 5) is 0. The van der Waals surface area contributed by atoms with Crippen LogP contribution >= 0.6 is 0 Å². The number of nitrogens with two attached hydrogens (primary N) is 1. The number of rotatable bonds is 3. The molecule has 3 rings (SSSR count). The fourth-order valence-electron chi connectivity index (χ4n) is 4.03. The van der Waals surface area contributed by atoms with Gasteiger partial charge in [0.15, 0.2) is 5.41 Å². The van der Waals surface area contributed by atoms with Gasteiger partial charge in [0.1, 0.15) is 17.6 Å². The largest absolute Gasteiger partial charge is 0.497 e. The molecule has 0 fully saturated rings. The van der Waals surface area contributed by atoms with E-state index < -0.39 is 11.3 Å². The highest BCUT2D eigenvalue weighted by Gasteiger charge is 2.54. The van der Waals surface area contributed by atoms with Crippen molar-refractivity contribution in [3.05, 3.63) is 46.7 Å². The molecule has 0 saturated carbocycles. The molecule has 7 heteroatoms. The van der Waals surface area contributed by atoms with Crippen molar-refractivity contribution in [1.82, 2.24) is 5.32 Å². The lowest BCUT2D eigenvalue weighted by atomic mass is 9.58. The van der Waals surface area contributed by atoms with Gasteiger partial charge in [0.2, 0.25) is 0 Å². The number of nitrogens with one attached hydrogen (secondary N) is 1. The minimum atomic E-state index is -1.69. The van der Waals surface area contributed by atoms with Crippen molar-refractivity contribution in [2.24, 2.45) is 17.1 Å². The molecule has 1 aromatic carbocycles. The Balaban J connectivity index is 2.37. The lowest BCUT2D eigenvalue weighted by Gasteiger charge is -2.43. The quantitative estimate of drug-likeness (QED) is 0.838. The van der Waals surface area contributed by atoms with Crippen LogP contribution in [0.1, 0.15) is 11.5 Å². The molecule has 27 heavy (non-hydrogen) atoms. The summed E-state index contributed by atoms with van der Waals surface area (Å²) in [6.07, 6.45) is 1.90. The highest BCUT2D eigenvalue weighted by atomic mass is 16.5. The number of fused-ring (bicyclic) bond motifs is 1. The average molecular weight is 361 g/mol. The van der Waals surface area contributed by atoms with Crippen LogP contribution in [0.4, 0.5) is 0 Å². The van der Waals surface area contributed by atoms with E-state index in [1.165, 1.54) is 7.11 Å². The molecule has 0 amide bonds. The van der Waals surface area contributed by atoms with Gasteiger partial charge in [-0.3, -0.25) is 0 Å². The average Bonchev–Trinajstić information content (AvgIpc) is 2.72. The molecule has 7 nitrogen and oxygen atoms in total. The number of benzene rings is 1. The van der Waals surface area contributed by atoms with E-state index in [1.807, 2.05) is 6.08 Å². The molecule has 1 aromatic rings. The summed E-state index contributed by atoms with van der Waals surface area (Å²) in [6, 6.07) is 11.6. The number of allylic oxidation sites excluding steroid dienone is 2. The van der Waals surface area contributed by atoms with Gasteiger partial charge in [-0.05, 0) is 23.8 Å².